The first-order valence-electron chi connectivity index (χ1n) is 8.52. The molecule has 0 unspecified atom stereocenters. The monoisotopic (exact) mass is 331 g/mol. The van der Waals surface area contributed by atoms with Crippen LogP contribution >= 0.6 is 11.6 Å². The van der Waals surface area contributed by atoms with Crippen molar-refractivity contribution < 1.29 is 4.79 Å². The van der Waals surface area contributed by atoms with Crippen LogP contribution in [0.2, 0.25) is 5.02 Å². The first kappa shape index (κ1) is 15.0. The third kappa shape index (κ3) is 2.98. The Hall–Kier alpha value is -1.52. The number of fused-ring (bicyclic) bond motifs is 1. The van der Waals surface area contributed by atoms with Crippen molar-refractivity contribution in [2.45, 2.75) is 31.7 Å². The normalized spacial score (nSPS) is 20.5. The summed E-state index contributed by atoms with van der Waals surface area (Å²) in [7, 11) is 0. The van der Waals surface area contributed by atoms with E-state index in [9.17, 15) is 4.79 Å². The van der Waals surface area contributed by atoms with Gasteiger partial charge in [0.05, 0.1) is 0 Å². The summed E-state index contributed by atoms with van der Waals surface area (Å²) in [6, 6.07) is 8.24. The average molecular weight is 332 g/mol. The number of nitrogens with zero attached hydrogens (tertiary/aromatic N) is 2. The third-order valence-electron chi connectivity index (χ3n) is 5.22. The maximum Gasteiger partial charge on any atom is 0.270 e. The van der Waals surface area contributed by atoms with E-state index in [2.05, 4.69) is 9.88 Å². The number of aromatic nitrogens is 1. The molecule has 0 saturated carbocycles. The molecule has 0 atom stereocenters. The van der Waals surface area contributed by atoms with Gasteiger partial charge in [-0.2, -0.15) is 0 Å². The van der Waals surface area contributed by atoms with Gasteiger partial charge in [-0.25, -0.2) is 0 Å². The van der Waals surface area contributed by atoms with Crippen molar-refractivity contribution >= 4 is 28.4 Å². The topological polar surface area (TPSA) is 39.3 Å². The average Bonchev–Trinajstić information content (AvgIpc) is 3.23. The summed E-state index contributed by atoms with van der Waals surface area (Å²) in [5.74, 6) is 0.109. The molecule has 4 rings (SSSR count). The van der Waals surface area contributed by atoms with Gasteiger partial charge in [0.25, 0.3) is 5.91 Å². The summed E-state index contributed by atoms with van der Waals surface area (Å²) < 4.78 is 0. The molecule has 1 aromatic carbocycles. The van der Waals surface area contributed by atoms with Gasteiger partial charge in [0.1, 0.15) is 5.69 Å². The Balaban J connectivity index is 1.44. The molecule has 1 aromatic heterocycles. The highest BCUT2D eigenvalue weighted by Crippen LogP contribution is 2.24. The van der Waals surface area contributed by atoms with Gasteiger partial charge in [0, 0.05) is 35.1 Å². The molecule has 2 aliphatic rings. The molecule has 3 heterocycles. The summed E-state index contributed by atoms with van der Waals surface area (Å²) >= 11 is 6.02. The zero-order valence-corrected chi connectivity index (χ0v) is 14.0. The van der Waals surface area contributed by atoms with E-state index in [1.807, 2.05) is 29.2 Å². The van der Waals surface area contributed by atoms with Crippen LogP contribution in [0.15, 0.2) is 24.3 Å². The molecule has 0 radical (unpaired) electrons. The Labute approximate surface area is 141 Å². The summed E-state index contributed by atoms with van der Waals surface area (Å²) in [5, 5.41) is 1.69. The number of H-pyrrole nitrogens is 1. The Bertz CT molecular complexity index is 712. The number of hydrogen-bond donors (Lipinski definition) is 1. The van der Waals surface area contributed by atoms with Crippen LogP contribution < -0.4 is 0 Å². The molecule has 23 heavy (non-hydrogen) atoms. The number of rotatable bonds is 2. The minimum atomic E-state index is 0.109. The van der Waals surface area contributed by atoms with Crippen LogP contribution in [-0.2, 0) is 0 Å². The predicted molar refractivity (Wildman–Crippen MR) is 93.0 cm³/mol. The Morgan fingerprint density at radius 1 is 1.09 bits per heavy atom. The standard InChI is InChI=1S/C18H22ClN3O/c19-14-3-4-16-13(11-14)12-17(20-16)18(23)22-9-5-15(6-10-22)21-7-1-2-8-21/h3-4,11-12,15,20H,1-2,5-10H2. The Morgan fingerprint density at radius 2 is 1.83 bits per heavy atom. The van der Waals surface area contributed by atoms with E-state index >= 15 is 0 Å². The lowest BCUT2D eigenvalue weighted by Crippen LogP contribution is -2.46. The van der Waals surface area contributed by atoms with E-state index in [4.69, 9.17) is 11.6 Å². The fourth-order valence-corrected chi connectivity index (χ4v) is 4.11. The molecule has 2 fully saturated rings. The van der Waals surface area contributed by atoms with Crippen molar-refractivity contribution in [3.05, 3.63) is 35.0 Å². The highest BCUT2D eigenvalue weighted by atomic mass is 35.5. The van der Waals surface area contributed by atoms with Gasteiger partial charge in [-0.1, -0.05) is 11.6 Å². The van der Waals surface area contributed by atoms with E-state index in [0.29, 0.717) is 16.8 Å². The second-order valence-electron chi connectivity index (χ2n) is 6.68. The number of hydrogen-bond acceptors (Lipinski definition) is 2. The van der Waals surface area contributed by atoms with E-state index in [-0.39, 0.29) is 5.91 Å². The fourth-order valence-electron chi connectivity index (χ4n) is 3.93. The molecular formula is C18H22ClN3O. The van der Waals surface area contributed by atoms with Crippen molar-refractivity contribution in [2.75, 3.05) is 26.2 Å². The zero-order chi connectivity index (χ0) is 15.8. The molecule has 0 spiro atoms. The van der Waals surface area contributed by atoms with Crippen LogP contribution in [0, 0.1) is 0 Å². The summed E-state index contributed by atoms with van der Waals surface area (Å²) in [6.07, 6.45) is 4.85. The molecule has 2 aliphatic heterocycles. The summed E-state index contributed by atoms with van der Waals surface area (Å²) in [4.78, 5) is 20.5. The molecule has 0 bridgehead atoms. The van der Waals surface area contributed by atoms with Gasteiger partial charge in [0.15, 0.2) is 0 Å². The fraction of sp³-hybridized carbons (Fsp3) is 0.500. The number of likely N-dealkylation sites (tertiary alicyclic amines) is 2. The van der Waals surface area contributed by atoms with E-state index in [1.54, 1.807) is 0 Å². The molecule has 2 aromatic rings. The Morgan fingerprint density at radius 3 is 2.57 bits per heavy atom. The molecule has 5 heteroatoms. The van der Waals surface area contributed by atoms with E-state index < -0.39 is 0 Å². The Kier molecular flexibility index (Phi) is 4.04. The minimum absolute atomic E-state index is 0.109. The number of nitrogens with one attached hydrogen (secondary N) is 1. The third-order valence-corrected chi connectivity index (χ3v) is 5.46. The quantitative estimate of drug-likeness (QED) is 0.914. The van der Waals surface area contributed by atoms with Crippen LogP contribution in [0.3, 0.4) is 0 Å². The maximum absolute atomic E-state index is 12.7. The molecular weight excluding hydrogens is 310 g/mol. The second kappa shape index (κ2) is 6.17. The molecule has 1 N–H and O–H groups in total. The lowest BCUT2D eigenvalue weighted by molar-refractivity contribution is 0.0640. The van der Waals surface area contributed by atoms with Crippen LogP contribution in [0.25, 0.3) is 10.9 Å². The van der Waals surface area contributed by atoms with Gasteiger partial charge >= 0.3 is 0 Å². The van der Waals surface area contributed by atoms with Gasteiger partial charge in [-0.3, -0.25) is 4.79 Å². The van der Waals surface area contributed by atoms with Gasteiger partial charge in [0.2, 0.25) is 0 Å². The van der Waals surface area contributed by atoms with Gasteiger partial charge in [-0.05, 0) is 63.0 Å². The van der Waals surface area contributed by atoms with Crippen molar-refractivity contribution in [1.29, 1.82) is 0 Å². The molecule has 122 valence electrons. The SMILES string of the molecule is O=C(c1cc2cc(Cl)ccc2[nH]1)N1CCC(N2CCCC2)CC1. The highest BCUT2D eigenvalue weighted by molar-refractivity contribution is 6.31. The molecule has 4 nitrogen and oxygen atoms in total. The van der Waals surface area contributed by atoms with Gasteiger partial charge in [-0.15, -0.1) is 0 Å². The van der Waals surface area contributed by atoms with Crippen molar-refractivity contribution in [1.82, 2.24) is 14.8 Å². The lowest BCUT2D eigenvalue weighted by atomic mass is 10.0. The summed E-state index contributed by atoms with van der Waals surface area (Å²) in [5.41, 5.74) is 1.63. The minimum Gasteiger partial charge on any atom is -0.351 e. The first-order chi connectivity index (χ1) is 11.2. The van der Waals surface area contributed by atoms with Crippen molar-refractivity contribution in [2.24, 2.45) is 0 Å². The number of carbonyl (C=O) groups is 1. The smallest absolute Gasteiger partial charge is 0.270 e. The molecule has 2 saturated heterocycles. The predicted octanol–water partition coefficient (Wildman–Crippen LogP) is 3.52. The molecule has 0 aliphatic carbocycles. The summed E-state index contributed by atoms with van der Waals surface area (Å²) in [6.45, 7) is 4.19. The van der Waals surface area contributed by atoms with Crippen LogP contribution in [0.5, 0.6) is 0 Å². The van der Waals surface area contributed by atoms with Crippen molar-refractivity contribution in [3.63, 3.8) is 0 Å². The number of piperidine rings is 1. The maximum atomic E-state index is 12.7. The second-order valence-corrected chi connectivity index (χ2v) is 7.12. The van der Waals surface area contributed by atoms with Crippen LogP contribution in [-0.4, -0.2) is 52.9 Å². The number of carbonyl (C=O) groups excluding carboxylic acids is 1. The van der Waals surface area contributed by atoms with Crippen LogP contribution in [0.4, 0.5) is 0 Å². The number of benzene rings is 1. The van der Waals surface area contributed by atoms with E-state index in [0.717, 1.165) is 36.8 Å². The zero-order valence-electron chi connectivity index (χ0n) is 13.2. The van der Waals surface area contributed by atoms with E-state index in [1.165, 1.54) is 25.9 Å². The van der Waals surface area contributed by atoms with Crippen LogP contribution in [0.1, 0.15) is 36.2 Å². The highest BCUT2D eigenvalue weighted by Gasteiger charge is 2.29. The largest absolute Gasteiger partial charge is 0.351 e. The number of halogens is 1. The number of aromatic amines is 1. The molecule has 1 amide bonds. The van der Waals surface area contributed by atoms with Gasteiger partial charge < -0.3 is 14.8 Å². The lowest BCUT2D eigenvalue weighted by Gasteiger charge is -2.36. The number of amides is 1. The van der Waals surface area contributed by atoms with Crippen molar-refractivity contribution in [3.8, 4) is 0 Å². The first-order valence-corrected chi connectivity index (χ1v) is 8.90.